The molecule has 1 saturated heterocycles. The van der Waals surface area contributed by atoms with Gasteiger partial charge in [-0.05, 0) is 31.6 Å². The fraction of sp³-hybridized carbons (Fsp3) is 0.917. The van der Waals surface area contributed by atoms with E-state index in [9.17, 15) is 4.79 Å². The van der Waals surface area contributed by atoms with Gasteiger partial charge < -0.3 is 9.64 Å². The summed E-state index contributed by atoms with van der Waals surface area (Å²) in [4.78, 5) is 14.1. The van der Waals surface area contributed by atoms with Gasteiger partial charge >= 0.3 is 0 Å². The lowest BCUT2D eigenvalue weighted by atomic mass is 9.94. The molecule has 3 nitrogen and oxygen atoms in total. The van der Waals surface area contributed by atoms with E-state index in [2.05, 4.69) is 6.92 Å². The first-order valence-electron chi connectivity index (χ1n) is 6.06. The minimum Gasteiger partial charge on any atom is -0.368 e. The van der Waals surface area contributed by atoms with Crippen LogP contribution in [0.15, 0.2) is 0 Å². The Morgan fingerprint density at radius 2 is 2.00 bits per heavy atom. The molecule has 3 heteroatoms. The molecule has 1 saturated carbocycles. The van der Waals surface area contributed by atoms with Crippen LogP contribution >= 0.6 is 0 Å². The van der Waals surface area contributed by atoms with Crippen LogP contribution in [0.25, 0.3) is 0 Å². The Hall–Kier alpha value is -0.570. The third-order valence-electron chi connectivity index (χ3n) is 3.96. The SMILES string of the molecule is CCC1CCN(C(=O)C2(OC)CC2)CC1. The molecule has 0 aromatic heterocycles. The lowest BCUT2D eigenvalue weighted by molar-refractivity contribution is -0.146. The predicted molar refractivity (Wildman–Crippen MR) is 58.6 cm³/mol. The number of nitrogens with zero attached hydrogens (tertiary/aromatic N) is 1. The van der Waals surface area contributed by atoms with Crippen LogP contribution in [-0.2, 0) is 9.53 Å². The molecular weight excluding hydrogens is 190 g/mol. The summed E-state index contributed by atoms with van der Waals surface area (Å²) < 4.78 is 5.33. The molecule has 0 aromatic rings. The number of amides is 1. The Labute approximate surface area is 91.8 Å². The summed E-state index contributed by atoms with van der Waals surface area (Å²) in [5.41, 5.74) is -0.418. The van der Waals surface area contributed by atoms with Gasteiger partial charge in [-0.1, -0.05) is 13.3 Å². The highest BCUT2D eigenvalue weighted by Crippen LogP contribution is 2.41. The van der Waals surface area contributed by atoms with Crippen molar-refractivity contribution < 1.29 is 9.53 Å². The molecule has 0 unspecified atom stereocenters. The molecule has 1 aliphatic heterocycles. The van der Waals surface area contributed by atoms with Gasteiger partial charge in [-0.25, -0.2) is 0 Å². The minimum atomic E-state index is -0.418. The Morgan fingerprint density at radius 1 is 1.40 bits per heavy atom. The monoisotopic (exact) mass is 211 g/mol. The summed E-state index contributed by atoms with van der Waals surface area (Å²) >= 11 is 0. The zero-order chi connectivity index (χ0) is 10.9. The molecule has 1 amide bonds. The summed E-state index contributed by atoms with van der Waals surface area (Å²) in [6.07, 6.45) is 5.41. The molecule has 0 N–H and O–H groups in total. The number of ether oxygens (including phenoxy) is 1. The lowest BCUT2D eigenvalue weighted by Gasteiger charge is -2.33. The second-order valence-corrected chi connectivity index (χ2v) is 4.84. The summed E-state index contributed by atoms with van der Waals surface area (Å²) in [5.74, 6) is 1.06. The Balaban J connectivity index is 1.88. The minimum absolute atomic E-state index is 0.236. The molecule has 86 valence electrons. The molecule has 0 atom stereocenters. The van der Waals surface area contributed by atoms with E-state index in [0.717, 1.165) is 31.8 Å². The van der Waals surface area contributed by atoms with Gasteiger partial charge in [0.1, 0.15) is 5.60 Å². The molecule has 0 radical (unpaired) electrons. The van der Waals surface area contributed by atoms with Gasteiger partial charge in [0, 0.05) is 20.2 Å². The first-order valence-corrected chi connectivity index (χ1v) is 6.06. The summed E-state index contributed by atoms with van der Waals surface area (Å²) in [6, 6.07) is 0. The predicted octanol–water partition coefficient (Wildman–Crippen LogP) is 1.81. The maximum atomic E-state index is 12.1. The van der Waals surface area contributed by atoms with Crippen molar-refractivity contribution in [3.63, 3.8) is 0 Å². The third-order valence-corrected chi connectivity index (χ3v) is 3.96. The van der Waals surface area contributed by atoms with Gasteiger partial charge in [-0.2, -0.15) is 0 Å². The van der Waals surface area contributed by atoms with Crippen molar-refractivity contribution in [2.45, 2.75) is 44.6 Å². The molecular formula is C12H21NO2. The second-order valence-electron chi connectivity index (χ2n) is 4.84. The van der Waals surface area contributed by atoms with Crippen LogP contribution in [0, 0.1) is 5.92 Å². The first kappa shape index (κ1) is 10.9. The van der Waals surface area contributed by atoms with E-state index in [-0.39, 0.29) is 5.91 Å². The van der Waals surface area contributed by atoms with Crippen molar-refractivity contribution >= 4 is 5.91 Å². The summed E-state index contributed by atoms with van der Waals surface area (Å²) in [6.45, 7) is 4.10. The van der Waals surface area contributed by atoms with Crippen LogP contribution in [-0.4, -0.2) is 36.6 Å². The van der Waals surface area contributed by atoms with Gasteiger partial charge in [0.2, 0.25) is 0 Å². The highest BCUT2D eigenvalue weighted by atomic mass is 16.5. The number of likely N-dealkylation sites (tertiary alicyclic amines) is 1. The van der Waals surface area contributed by atoms with Gasteiger partial charge in [-0.3, -0.25) is 4.79 Å². The Bertz CT molecular complexity index is 240. The van der Waals surface area contributed by atoms with Crippen LogP contribution in [0.4, 0.5) is 0 Å². The average Bonchev–Trinajstić information content (AvgIpc) is 3.09. The standard InChI is InChI=1S/C12H21NO2/c1-3-10-4-8-13(9-5-10)11(14)12(15-2)6-7-12/h10H,3-9H2,1-2H3. The van der Waals surface area contributed by atoms with Crippen LogP contribution < -0.4 is 0 Å². The zero-order valence-corrected chi connectivity index (χ0v) is 9.79. The van der Waals surface area contributed by atoms with Crippen LogP contribution in [0.5, 0.6) is 0 Å². The molecule has 1 aliphatic carbocycles. The lowest BCUT2D eigenvalue weighted by Crippen LogP contribution is -2.45. The van der Waals surface area contributed by atoms with E-state index in [1.807, 2.05) is 4.90 Å². The van der Waals surface area contributed by atoms with E-state index in [4.69, 9.17) is 4.74 Å². The number of piperidine rings is 1. The smallest absolute Gasteiger partial charge is 0.254 e. The fourth-order valence-corrected chi connectivity index (χ4v) is 2.45. The molecule has 0 aromatic carbocycles. The van der Waals surface area contributed by atoms with Gasteiger partial charge in [0.15, 0.2) is 0 Å². The van der Waals surface area contributed by atoms with Crippen molar-refractivity contribution in [3.8, 4) is 0 Å². The molecule has 0 spiro atoms. The number of rotatable bonds is 3. The van der Waals surface area contributed by atoms with E-state index < -0.39 is 5.60 Å². The molecule has 1 heterocycles. The van der Waals surface area contributed by atoms with Crippen molar-refractivity contribution in [3.05, 3.63) is 0 Å². The molecule has 2 aliphatic rings. The molecule has 0 bridgehead atoms. The molecule has 2 fully saturated rings. The van der Waals surface area contributed by atoms with Gasteiger partial charge in [0.05, 0.1) is 0 Å². The number of hydrogen-bond acceptors (Lipinski definition) is 2. The van der Waals surface area contributed by atoms with Gasteiger partial charge in [-0.15, -0.1) is 0 Å². The van der Waals surface area contributed by atoms with Crippen LogP contribution in [0.1, 0.15) is 39.0 Å². The van der Waals surface area contributed by atoms with Crippen LogP contribution in [0.3, 0.4) is 0 Å². The van der Waals surface area contributed by atoms with Crippen molar-refractivity contribution in [2.75, 3.05) is 20.2 Å². The molecule has 2 rings (SSSR count). The fourth-order valence-electron chi connectivity index (χ4n) is 2.45. The van der Waals surface area contributed by atoms with E-state index in [0.29, 0.717) is 0 Å². The first-order chi connectivity index (χ1) is 7.22. The van der Waals surface area contributed by atoms with E-state index >= 15 is 0 Å². The average molecular weight is 211 g/mol. The van der Waals surface area contributed by atoms with Crippen molar-refractivity contribution in [1.82, 2.24) is 4.90 Å². The number of carbonyl (C=O) groups excluding carboxylic acids is 1. The number of carbonyl (C=O) groups is 1. The number of hydrogen-bond donors (Lipinski definition) is 0. The Kier molecular flexibility index (Phi) is 3.01. The topological polar surface area (TPSA) is 29.5 Å². The van der Waals surface area contributed by atoms with E-state index in [1.54, 1.807) is 7.11 Å². The van der Waals surface area contributed by atoms with Crippen molar-refractivity contribution in [1.29, 1.82) is 0 Å². The maximum absolute atomic E-state index is 12.1. The van der Waals surface area contributed by atoms with Crippen LogP contribution in [0.2, 0.25) is 0 Å². The highest BCUT2D eigenvalue weighted by Gasteiger charge is 2.52. The largest absolute Gasteiger partial charge is 0.368 e. The summed E-state index contributed by atoms with van der Waals surface area (Å²) in [7, 11) is 1.66. The summed E-state index contributed by atoms with van der Waals surface area (Å²) in [5, 5.41) is 0. The Morgan fingerprint density at radius 3 is 2.40 bits per heavy atom. The van der Waals surface area contributed by atoms with Gasteiger partial charge in [0.25, 0.3) is 5.91 Å². The quantitative estimate of drug-likeness (QED) is 0.712. The van der Waals surface area contributed by atoms with E-state index in [1.165, 1.54) is 19.3 Å². The second kappa shape index (κ2) is 4.12. The third kappa shape index (κ3) is 2.03. The maximum Gasteiger partial charge on any atom is 0.254 e. The highest BCUT2D eigenvalue weighted by molar-refractivity contribution is 5.88. The normalized spacial score (nSPS) is 25.3. The zero-order valence-electron chi connectivity index (χ0n) is 9.79. The number of methoxy groups -OCH3 is 1. The molecule has 15 heavy (non-hydrogen) atoms. The van der Waals surface area contributed by atoms with Crippen molar-refractivity contribution in [2.24, 2.45) is 5.92 Å².